The number of rotatable bonds is 4. The summed E-state index contributed by atoms with van der Waals surface area (Å²) >= 11 is 0. The summed E-state index contributed by atoms with van der Waals surface area (Å²) in [4.78, 5) is 0. The first kappa shape index (κ1) is 19.4. The molecular weight excluding hydrogens is 413 g/mol. The van der Waals surface area contributed by atoms with Crippen molar-refractivity contribution in [1.29, 1.82) is 0 Å². The minimum atomic E-state index is -0.0658. The number of hydrogen-bond acceptors (Lipinski definition) is 2. The van der Waals surface area contributed by atoms with E-state index >= 15 is 0 Å². The van der Waals surface area contributed by atoms with Gasteiger partial charge < -0.3 is 37.9 Å². The maximum atomic E-state index is 6.47. The summed E-state index contributed by atoms with van der Waals surface area (Å²) in [5.74, 6) is 0. The molecule has 1 fully saturated rings. The molecule has 2 aromatic carbocycles. The fourth-order valence-electron chi connectivity index (χ4n) is 3.13. The molecule has 0 N–H and O–H groups in total. The fourth-order valence-corrected chi connectivity index (χ4v) is 3.13. The van der Waals surface area contributed by atoms with E-state index in [2.05, 4.69) is 69.7 Å². The van der Waals surface area contributed by atoms with E-state index in [0.717, 1.165) is 11.0 Å². The van der Waals surface area contributed by atoms with Crippen LogP contribution in [0.2, 0.25) is 0 Å². The number of halogens is 1. The van der Waals surface area contributed by atoms with E-state index in [4.69, 9.17) is 9.47 Å². The van der Waals surface area contributed by atoms with Crippen LogP contribution in [0.25, 0.3) is 0 Å². The molecule has 0 aromatic heterocycles. The second-order valence-electron chi connectivity index (χ2n) is 7.23. The molecule has 0 unspecified atom stereocenters. The van der Waals surface area contributed by atoms with Gasteiger partial charge in [0, 0.05) is 0 Å². The Labute approximate surface area is 162 Å². The van der Waals surface area contributed by atoms with Crippen LogP contribution in [0, 0.1) is 0 Å². The van der Waals surface area contributed by atoms with Crippen molar-refractivity contribution in [3.8, 4) is 0 Å². The summed E-state index contributed by atoms with van der Waals surface area (Å²) in [6, 6.07) is 20.8. The molecular formula is C20H26INO2. The summed E-state index contributed by atoms with van der Waals surface area (Å²) in [5, 5.41) is 0. The molecule has 24 heavy (non-hydrogen) atoms. The van der Waals surface area contributed by atoms with Gasteiger partial charge in [-0.15, -0.1) is 0 Å². The lowest BCUT2D eigenvalue weighted by Crippen LogP contribution is -3.00. The Hall–Kier alpha value is -0.950. The van der Waals surface area contributed by atoms with E-state index in [1.807, 2.05) is 12.1 Å². The number of nitrogens with zero attached hydrogens (tertiary/aromatic N) is 1. The first-order valence-electron chi connectivity index (χ1n) is 8.20. The Balaban J connectivity index is 0.00000208. The molecule has 1 aliphatic rings. The third-order valence-corrected chi connectivity index (χ3v) is 4.08. The average molecular weight is 439 g/mol. The molecule has 130 valence electrons. The number of quaternary nitrogens is 1. The molecule has 3 atom stereocenters. The van der Waals surface area contributed by atoms with Gasteiger partial charge in [0.15, 0.2) is 0 Å². The SMILES string of the molecule is C[N+](C)(C)C[C@@H]1CO[C@@H](c2ccccc2)[C@@H](c2ccccc2)O1.[I-]. The molecule has 1 aliphatic heterocycles. The van der Waals surface area contributed by atoms with Gasteiger partial charge in [0.1, 0.15) is 24.9 Å². The third kappa shape index (κ3) is 5.02. The Morgan fingerprint density at radius 3 is 1.83 bits per heavy atom. The van der Waals surface area contributed by atoms with Gasteiger partial charge >= 0.3 is 0 Å². The minimum absolute atomic E-state index is 0. The lowest BCUT2D eigenvalue weighted by atomic mass is 9.96. The Kier molecular flexibility index (Phi) is 6.80. The number of hydrogen-bond donors (Lipinski definition) is 0. The van der Waals surface area contributed by atoms with Crippen molar-refractivity contribution in [1.82, 2.24) is 0 Å². The van der Waals surface area contributed by atoms with Crippen LogP contribution in [0.5, 0.6) is 0 Å². The summed E-state index contributed by atoms with van der Waals surface area (Å²) in [7, 11) is 6.55. The quantitative estimate of drug-likeness (QED) is 0.513. The summed E-state index contributed by atoms with van der Waals surface area (Å²) in [6.07, 6.45) is -0.00798. The molecule has 0 radical (unpaired) electrons. The van der Waals surface area contributed by atoms with Gasteiger partial charge in [-0.2, -0.15) is 0 Å². The lowest BCUT2D eigenvalue weighted by molar-refractivity contribution is -0.874. The Bertz CT molecular complexity index is 613. The first-order chi connectivity index (χ1) is 11.0. The van der Waals surface area contributed by atoms with Crippen molar-refractivity contribution in [3.63, 3.8) is 0 Å². The predicted octanol–water partition coefficient (Wildman–Crippen LogP) is 0.595. The van der Waals surface area contributed by atoms with Gasteiger partial charge in [-0.05, 0) is 11.1 Å². The maximum Gasteiger partial charge on any atom is 0.131 e. The van der Waals surface area contributed by atoms with E-state index in [-0.39, 0.29) is 42.3 Å². The van der Waals surface area contributed by atoms with Crippen LogP contribution in [0.15, 0.2) is 60.7 Å². The van der Waals surface area contributed by atoms with E-state index in [0.29, 0.717) is 6.61 Å². The van der Waals surface area contributed by atoms with Crippen molar-refractivity contribution in [2.24, 2.45) is 0 Å². The largest absolute Gasteiger partial charge is 1.00 e. The lowest BCUT2D eigenvalue weighted by Gasteiger charge is -2.39. The summed E-state index contributed by atoms with van der Waals surface area (Å²) in [6.45, 7) is 1.57. The Morgan fingerprint density at radius 1 is 0.833 bits per heavy atom. The van der Waals surface area contributed by atoms with Crippen molar-refractivity contribution in [3.05, 3.63) is 71.8 Å². The highest BCUT2D eigenvalue weighted by Gasteiger charge is 2.36. The first-order valence-corrected chi connectivity index (χ1v) is 8.20. The zero-order chi connectivity index (χ0) is 16.3. The summed E-state index contributed by atoms with van der Waals surface area (Å²) < 4.78 is 13.6. The predicted molar refractivity (Wildman–Crippen MR) is 92.1 cm³/mol. The highest BCUT2D eigenvalue weighted by molar-refractivity contribution is 5.25. The van der Waals surface area contributed by atoms with Gasteiger partial charge in [-0.1, -0.05) is 60.7 Å². The fraction of sp³-hybridized carbons (Fsp3) is 0.400. The van der Waals surface area contributed by atoms with E-state index in [1.165, 1.54) is 11.1 Å². The van der Waals surface area contributed by atoms with Crippen LogP contribution >= 0.6 is 0 Å². The van der Waals surface area contributed by atoms with Crippen molar-refractivity contribution in [2.45, 2.75) is 18.3 Å². The average Bonchev–Trinajstić information content (AvgIpc) is 2.55. The molecule has 0 amide bonds. The van der Waals surface area contributed by atoms with Gasteiger partial charge in [0.25, 0.3) is 0 Å². The van der Waals surface area contributed by atoms with Crippen LogP contribution in [0.4, 0.5) is 0 Å². The molecule has 4 heteroatoms. The van der Waals surface area contributed by atoms with Crippen LogP contribution in [0.3, 0.4) is 0 Å². The second-order valence-corrected chi connectivity index (χ2v) is 7.23. The second kappa shape index (κ2) is 8.43. The molecule has 3 nitrogen and oxygen atoms in total. The van der Waals surface area contributed by atoms with Crippen LogP contribution in [0.1, 0.15) is 23.3 Å². The topological polar surface area (TPSA) is 18.5 Å². The van der Waals surface area contributed by atoms with Gasteiger partial charge in [-0.3, -0.25) is 0 Å². The van der Waals surface area contributed by atoms with Crippen molar-refractivity contribution in [2.75, 3.05) is 34.3 Å². The molecule has 0 bridgehead atoms. The Morgan fingerprint density at radius 2 is 1.33 bits per heavy atom. The van der Waals surface area contributed by atoms with Gasteiger partial charge in [-0.25, -0.2) is 0 Å². The van der Waals surface area contributed by atoms with Gasteiger partial charge in [0.05, 0.1) is 27.7 Å². The molecule has 0 aliphatic carbocycles. The van der Waals surface area contributed by atoms with Crippen molar-refractivity contribution < 1.29 is 37.9 Å². The number of likely N-dealkylation sites (N-methyl/N-ethyl adjacent to an activating group) is 1. The van der Waals surface area contributed by atoms with Crippen LogP contribution < -0.4 is 24.0 Å². The van der Waals surface area contributed by atoms with E-state index in [9.17, 15) is 0 Å². The van der Waals surface area contributed by atoms with E-state index in [1.54, 1.807) is 0 Å². The third-order valence-electron chi connectivity index (χ3n) is 4.08. The zero-order valence-corrected chi connectivity index (χ0v) is 16.7. The van der Waals surface area contributed by atoms with Crippen molar-refractivity contribution >= 4 is 0 Å². The molecule has 3 rings (SSSR count). The monoisotopic (exact) mass is 439 g/mol. The highest BCUT2D eigenvalue weighted by Crippen LogP contribution is 2.39. The molecule has 1 heterocycles. The summed E-state index contributed by atoms with van der Waals surface area (Å²) in [5.41, 5.74) is 2.34. The van der Waals surface area contributed by atoms with Crippen LogP contribution in [-0.2, 0) is 9.47 Å². The normalized spacial score (nSPS) is 24.2. The molecule has 1 saturated heterocycles. The van der Waals surface area contributed by atoms with E-state index < -0.39 is 0 Å². The smallest absolute Gasteiger partial charge is 0.131 e. The minimum Gasteiger partial charge on any atom is -1.00 e. The zero-order valence-electron chi connectivity index (χ0n) is 14.6. The molecule has 0 spiro atoms. The molecule has 2 aromatic rings. The highest BCUT2D eigenvalue weighted by atomic mass is 127. The molecule has 0 saturated carbocycles. The maximum absolute atomic E-state index is 6.47. The standard InChI is InChI=1S/C20H26NO2.HI/c1-21(2,3)14-18-15-22-19(16-10-6-4-7-11-16)20(23-18)17-12-8-5-9-13-17;/h4-13,18-20H,14-15H2,1-3H3;1H/q+1;/p-1/t18-,19+,20-;/m1./s1. The number of ether oxygens (including phenoxy) is 2. The number of benzene rings is 2. The van der Waals surface area contributed by atoms with Gasteiger partial charge in [0.2, 0.25) is 0 Å². The van der Waals surface area contributed by atoms with Crippen LogP contribution in [-0.4, -0.2) is 44.9 Å².